The van der Waals surface area contributed by atoms with Crippen molar-refractivity contribution in [3.05, 3.63) is 151 Å². The van der Waals surface area contributed by atoms with Crippen molar-refractivity contribution in [1.29, 1.82) is 5.26 Å². The number of hydrogen-bond acceptors (Lipinski definition) is 3. The minimum absolute atomic E-state index is 0.593. The minimum atomic E-state index is 0.593. The molecular formula is C41H25N5. The molecule has 0 spiro atoms. The highest BCUT2D eigenvalue weighted by atomic mass is 15.0. The van der Waals surface area contributed by atoms with Gasteiger partial charge in [-0.25, -0.2) is 9.97 Å². The van der Waals surface area contributed by atoms with Gasteiger partial charge in [-0.2, -0.15) is 5.26 Å². The lowest BCUT2D eigenvalue weighted by molar-refractivity contribution is 1.16. The van der Waals surface area contributed by atoms with E-state index in [4.69, 9.17) is 9.97 Å². The maximum atomic E-state index is 9.57. The molecule has 0 aliphatic heterocycles. The lowest BCUT2D eigenvalue weighted by Crippen LogP contribution is -1.98. The summed E-state index contributed by atoms with van der Waals surface area (Å²) in [6.45, 7) is 0. The van der Waals surface area contributed by atoms with Gasteiger partial charge >= 0.3 is 0 Å². The maximum Gasteiger partial charge on any atom is 0.160 e. The fourth-order valence-corrected chi connectivity index (χ4v) is 6.65. The third kappa shape index (κ3) is 4.09. The van der Waals surface area contributed by atoms with Crippen LogP contribution >= 0.6 is 0 Å². The lowest BCUT2D eigenvalue weighted by atomic mass is 10.0. The van der Waals surface area contributed by atoms with Crippen LogP contribution in [0.3, 0.4) is 0 Å². The summed E-state index contributed by atoms with van der Waals surface area (Å²) in [6.07, 6.45) is 0. The van der Waals surface area contributed by atoms with E-state index in [1.54, 1.807) is 0 Å². The third-order valence-corrected chi connectivity index (χ3v) is 8.76. The SMILES string of the molecule is N#Cc1cccc(-c2cc(-c3ccccc3)nc(-c3cccc(-n4c5ccccc5c5ccc6c7ccccc7[nH]c6c54)c3)n2)c1. The summed E-state index contributed by atoms with van der Waals surface area (Å²) in [5, 5.41) is 14.4. The summed E-state index contributed by atoms with van der Waals surface area (Å²) in [7, 11) is 0. The zero-order chi connectivity index (χ0) is 30.6. The maximum absolute atomic E-state index is 9.57. The molecule has 0 saturated carbocycles. The normalized spacial score (nSPS) is 11.5. The van der Waals surface area contributed by atoms with Crippen molar-refractivity contribution < 1.29 is 0 Å². The van der Waals surface area contributed by atoms with Gasteiger partial charge in [0.05, 0.1) is 39.6 Å². The molecule has 0 atom stereocenters. The summed E-state index contributed by atoms with van der Waals surface area (Å²) in [6, 6.07) is 52.0. The largest absolute Gasteiger partial charge is 0.353 e. The van der Waals surface area contributed by atoms with Gasteiger partial charge in [-0.05, 0) is 42.5 Å². The molecule has 0 bridgehead atoms. The van der Waals surface area contributed by atoms with Gasteiger partial charge in [0.15, 0.2) is 5.82 Å². The number of H-pyrrole nitrogens is 1. The van der Waals surface area contributed by atoms with Crippen LogP contribution in [-0.4, -0.2) is 19.5 Å². The number of para-hydroxylation sites is 2. The number of nitrogens with one attached hydrogen (secondary N) is 1. The van der Waals surface area contributed by atoms with E-state index >= 15 is 0 Å². The third-order valence-electron chi connectivity index (χ3n) is 8.76. The first-order valence-electron chi connectivity index (χ1n) is 15.2. The zero-order valence-electron chi connectivity index (χ0n) is 24.6. The quantitative estimate of drug-likeness (QED) is 0.223. The molecular weight excluding hydrogens is 562 g/mol. The zero-order valence-corrected chi connectivity index (χ0v) is 24.6. The molecule has 5 nitrogen and oxygen atoms in total. The summed E-state index contributed by atoms with van der Waals surface area (Å²) >= 11 is 0. The van der Waals surface area contributed by atoms with E-state index in [2.05, 4.69) is 113 Å². The first-order valence-corrected chi connectivity index (χ1v) is 15.2. The average molecular weight is 588 g/mol. The van der Waals surface area contributed by atoms with Crippen molar-refractivity contribution in [3.8, 4) is 45.7 Å². The summed E-state index contributed by atoms with van der Waals surface area (Å²) in [4.78, 5) is 13.9. The predicted molar refractivity (Wildman–Crippen MR) is 187 cm³/mol. The Hall–Kier alpha value is -6.51. The smallest absolute Gasteiger partial charge is 0.160 e. The van der Waals surface area contributed by atoms with Crippen molar-refractivity contribution in [1.82, 2.24) is 19.5 Å². The topological polar surface area (TPSA) is 70.3 Å². The van der Waals surface area contributed by atoms with Gasteiger partial charge < -0.3 is 9.55 Å². The molecule has 3 heterocycles. The molecule has 0 aliphatic rings. The molecule has 0 aliphatic carbocycles. The molecule has 3 aromatic heterocycles. The van der Waals surface area contributed by atoms with Crippen LogP contribution in [-0.2, 0) is 0 Å². The van der Waals surface area contributed by atoms with Gasteiger partial charge in [0, 0.05) is 49.4 Å². The van der Waals surface area contributed by atoms with E-state index < -0.39 is 0 Å². The van der Waals surface area contributed by atoms with Gasteiger partial charge in [0.1, 0.15) is 0 Å². The summed E-state index contributed by atoms with van der Waals surface area (Å²) < 4.78 is 2.35. The number of nitriles is 1. The number of rotatable bonds is 4. The number of fused-ring (bicyclic) bond motifs is 7. The van der Waals surface area contributed by atoms with Crippen LogP contribution in [0.5, 0.6) is 0 Å². The molecule has 0 amide bonds. The molecule has 9 aromatic rings. The Morgan fingerprint density at radius 3 is 2.11 bits per heavy atom. The van der Waals surface area contributed by atoms with Crippen LogP contribution in [0.15, 0.2) is 146 Å². The average Bonchev–Trinajstić information content (AvgIpc) is 3.68. The van der Waals surface area contributed by atoms with E-state index in [1.165, 1.54) is 21.5 Å². The second kappa shape index (κ2) is 10.3. The highest BCUT2D eigenvalue weighted by molar-refractivity contribution is 6.22. The number of hydrogen-bond donors (Lipinski definition) is 1. The van der Waals surface area contributed by atoms with E-state index in [1.807, 2.05) is 48.5 Å². The van der Waals surface area contributed by atoms with Crippen LogP contribution < -0.4 is 0 Å². The molecule has 0 unspecified atom stereocenters. The van der Waals surface area contributed by atoms with Gasteiger partial charge in [0.25, 0.3) is 0 Å². The second-order valence-electron chi connectivity index (χ2n) is 11.5. The Morgan fingerprint density at radius 2 is 1.24 bits per heavy atom. The summed E-state index contributed by atoms with van der Waals surface area (Å²) in [5.74, 6) is 0.622. The van der Waals surface area contributed by atoms with E-state index in [9.17, 15) is 5.26 Å². The lowest BCUT2D eigenvalue weighted by Gasteiger charge is -2.12. The Balaban J connectivity index is 1.29. The van der Waals surface area contributed by atoms with Crippen molar-refractivity contribution in [3.63, 3.8) is 0 Å². The van der Waals surface area contributed by atoms with E-state index in [0.29, 0.717) is 11.4 Å². The van der Waals surface area contributed by atoms with Crippen LogP contribution in [0, 0.1) is 11.3 Å². The van der Waals surface area contributed by atoms with Crippen LogP contribution in [0.25, 0.3) is 83.2 Å². The number of benzene rings is 6. The monoisotopic (exact) mass is 587 g/mol. The number of nitrogens with zero attached hydrogens (tertiary/aromatic N) is 4. The minimum Gasteiger partial charge on any atom is -0.353 e. The second-order valence-corrected chi connectivity index (χ2v) is 11.5. The van der Waals surface area contributed by atoms with Gasteiger partial charge in [-0.1, -0.05) is 103 Å². The van der Waals surface area contributed by atoms with Crippen molar-refractivity contribution in [2.75, 3.05) is 0 Å². The molecule has 46 heavy (non-hydrogen) atoms. The Morgan fingerprint density at radius 1 is 0.543 bits per heavy atom. The van der Waals surface area contributed by atoms with Crippen LogP contribution in [0.1, 0.15) is 5.56 Å². The molecule has 9 rings (SSSR count). The van der Waals surface area contributed by atoms with Crippen LogP contribution in [0.4, 0.5) is 0 Å². The summed E-state index contributed by atoms with van der Waals surface area (Å²) in [5.41, 5.74) is 10.5. The highest BCUT2D eigenvalue weighted by Gasteiger charge is 2.18. The fourth-order valence-electron chi connectivity index (χ4n) is 6.65. The number of aromatic amines is 1. The Labute approximate surface area is 264 Å². The van der Waals surface area contributed by atoms with Crippen molar-refractivity contribution >= 4 is 43.6 Å². The van der Waals surface area contributed by atoms with Gasteiger partial charge in [-0.3, -0.25) is 0 Å². The highest BCUT2D eigenvalue weighted by Crippen LogP contribution is 2.39. The first kappa shape index (κ1) is 25.9. The van der Waals surface area contributed by atoms with Crippen molar-refractivity contribution in [2.45, 2.75) is 0 Å². The Kier molecular flexibility index (Phi) is 5.81. The van der Waals surface area contributed by atoms with Gasteiger partial charge in [0.2, 0.25) is 0 Å². The molecule has 5 heteroatoms. The molecule has 0 saturated heterocycles. The van der Waals surface area contributed by atoms with E-state index in [-0.39, 0.29) is 0 Å². The molecule has 0 fully saturated rings. The fraction of sp³-hybridized carbons (Fsp3) is 0. The Bertz CT molecular complexity index is 2660. The molecule has 214 valence electrons. The van der Waals surface area contributed by atoms with Crippen molar-refractivity contribution in [2.24, 2.45) is 0 Å². The number of aromatic nitrogens is 4. The molecule has 6 aromatic carbocycles. The standard InChI is InChI=1S/C41H25N5/c42-25-26-10-8-13-28(22-26)37-24-36(27-11-2-1-3-12-27)44-41(45-37)29-14-9-15-30(23-29)46-38-19-7-5-17-32(38)34-21-20-33-31-16-4-6-18-35(31)43-39(33)40(34)46/h1-24,43H. The first-order chi connectivity index (χ1) is 22.7. The van der Waals surface area contributed by atoms with Crippen LogP contribution in [0.2, 0.25) is 0 Å². The molecule has 1 N–H and O–H groups in total. The van der Waals surface area contributed by atoms with E-state index in [0.717, 1.165) is 55.8 Å². The van der Waals surface area contributed by atoms with Gasteiger partial charge in [-0.15, -0.1) is 0 Å². The predicted octanol–water partition coefficient (Wildman–Crippen LogP) is 10.1. The molecule has 0 radical (unpaired) electrons.